The minimum Gasteiger partial charge on any atom is -0.166 e. The van der Waals surface area contributed by atoms with Crippen molar-refractivity contribution in [2.75, 3.05) is 0 Å². The van der Waals surface area contributed by atoms with Gasteiger partial charge in [0.05, 0.1) is 22.3 Å². The van der Waals surface area contributed by atoms with Gasteiger partial charge in [0.2, 0.25) is 0 Å². The van der Waals surface area contributed by atoms with Gasteiger partial charge in [-0.15, -0.1) is 0 Å². The molecular weight excluding hydrogens is 1040 g/mol. The Morgan fingerprint density at radius 3 is 0.675 bits per heavy atom. The molecule has 0 spiro atoms. The minimum absolute atomic E-state index is 0.134. The van der Waals surface area contributed by atoms with Gasteiger partial charge in [-0.1, -0.05) is 158 Å². The molecule has 0 radical (unpaired) electrons. The predicted molar refractivity (Wildman–Crippen MR) is 293 cm³/mol. The number of hydrogen-bond donors (Lipinski definition) is 0. The van der Waals surface area contributed by atoms with Gasteiger partial charge in [-0.3, -0.25) is 0 Å². The van der Waals surface area contributed by atoms with Gasteiger partial charge in [-0.2, -0.15) is 52.7 Å². The lowest BCUT2D eigenvalue weighted by molar-refractivity contribution is -0.144. The van der Waals surface area contributed by atoms with Crippen LogP contribution in [-0.4, -0.2) is 0 Å². The van der Waals surface area contributed by atoms with Crippen LogP contribution < -0.4 is 0 Å². The number of fused-ring (bicyclic) bond motifs is 10. The molecule has 12 heteroatoms. The average molecular weight is 1080 g/mol. The largest absolute Gasteiger partial charge is 0.416 e. The molecule has 0 amide bonds. The summed E-state index contributed by atoms with van der Waals surface area (Å²) in [6.45, 7) is 0. The molecule has 13 aromatic rings. The Bertz CT molecular complexity index is 4460. The fraction of sp³-hybridized carbons (Fsp3) is 0.0588. The molecule has 388 valence electrons. The maximum atomic E-state index is 14.7. The fourth-order valence-corrected chi connectivity index (χ4v) is 13.3. The predicted octanol–water partition coefficient (Wildman–Crippen LogP) is 22.1. The van der Waals surface area contributed by atoms with Crippen LogP contribution in [0.15, 0.2) is 194 Å². The van der Waals surface area contributed by atoms with Gasteiger partial charge in [0.15, 0.2) is 0 Å². The van der Waals surface area contributed by atoms with Crippen LogP contribution in [0, 0.1) is 0 Å². The van der Waals surface area contributed by atoms with E-state index < -0.39 is 47.0 Å². The topological polar surface area (TPSA) is 0 Å². The minimum atomic E-state index is -5.12. The third-order valence-electron chi connectivity index (χ3n) is 16.3. The van der Waals surface area contributed by atoms with Gasteiger partial charge in [0, 0.05) is 0 Å². The Balaban J connectivity index is 1.06. The molecule has 0 aliphatic heterocycles. The highest BCUT2D eigenvalue weighted by atomic mass is 19.4. The van der Waals surface area contributed by atoms with E-state index in [9.17, 15) is 52.7 Å². The van der Waals surface area contributed by atoms with E-state index in [1.54, 1.807) is 36.4 Å². The second-order valence-electron chi connectivity index (χ2n) is 20.6. The Labute approximate surface area is 445 Å². The normalized spacial score (nSPS) is 13.2. The van der Waals surface area contributed by atoms with Crippen molar-refractivity contribution in [1.29, 1.82) is 0 Å². The van der Waals surface area contributed by atoms with Crippen LogP contribution in [0.2, 0.25) is 0 Å². The van der Waals surface area contributed by atoms with Crippen LogP contribution in [0.1, 0.15) is 22.3 Å². The van der Waals surface area contributed by atoms with Crippen LogP contribution in [0.3, 0.4) is 0 Å². The van der Waals surface area contributed by atoms with Gasteiger partial charge in [0.25, 0.3) is 0 Å². The number of halogens is 12. The second kappa shape index (κ2) is 16.2. The van der Waals surface area contributed by atoms with E-state index in [0.29, 0.717) is 54.9 Å². The highest BCUT2D eigenvalue weighted by Gasteiger charge is 2.41. The molecule has 0 saturated heterocycles. The third-order valence-corrected chi connectivity index (χ3v) is 16.3. The van der Waals surface area contributed by atoms with E-state index in [1.165, 1.54) is 0 Å². The van der Waals surface area contributed by atoms with Gasteiger partial charge >= 0.3 is 24.7 Å². The van der Waals surface area contributed by atoms with Crippen LogP contribution in [0.25, 0.3) is 154 Å². The van der Waals surface area contributed by atoms with E-state index in [2.05, 4.69) is 0 Å². The highest BCUT2D eigenvalue weighted by molar-refractivity contribution is 6.42. The molecule has 0 unspecified atom stereocenters. The lowest BCUT2D eigenvalue weighted by Gasteiger charge is -2.22. The summed E-state index contributed by atoms with van der Waals surface area (Å²) < 4.78 is 177. The maximum absolute atomic E-state index is 14.7. The van der Waals surface area contributed by atoms with Crippen LogP contribution in [-0.2, 0) is 24.7 Å². The number of benzene rings is 13. The van der Waals surface area contributed by atoms with Crippen LogP contribution in [0.5, 0.6) is 0 Å². The molecular formula is C68H32F12. The first-order chi connectivity index (χ1) is 38.3. The van der Waals surface area contributed by atoms with E-state index in [-0.39, 0.29) is 34.4 Å². The molecule has 2 aliphatic carbocycles. The number of hydrogen-bond acceptors (Lipinski definition) is 0. The molecule has 2 aliphatic rings. The summed E-state index contributed by atoms with van der Waals surface area (Å²) in [4.78, 5) is 0. The lowest BCUT2D eigenvalue weighted by atomic mass is 9.82. The Kier molecular flexibility index (Phi) is 9.73. The van der Waals surface area contributed by atoms with Crippen molar-refractivity contribution in [2.45, 2.75) is 24.7 Å². The van der Waals surface area contributed by atoms with Crippen molar-refractivity contribution >= 4 is 64.6 Å². The fourth-order valence-electron chi connectivity index (χ4n) is 13.3. The molecule has 0 atom stereocenters. The smallest absolute Gasteiger partial charge is 0.166 e. The summed E-state index contributed by atoms with van der Waals surface area (Å²) in [5.74, 6) is 0. The number of alkyl halides is 12. The van der Waals surface area contributed by atoms with Crippen molar-refractivity contribution < 1.29 is 52.7 Å². The van der Waals surface area contributed by atoms with Crippen LogP contribution in [0.4, 0.5) is 52.7 Å². The molecule has 0 heterocycles. The Hall–Kier alpha value is -9.16. The summed E-state index contributed by atoms with van der Waals surface area (Å²) >= 11 is 0. The standard InChI is InChI=1S/C68H32F12/c69-65(70,71)37-27-35(28-38(31-37)66(72,73)74)55-43-17-9-7-15-41(43)53(33-11-3-1-4-12-33)61-49-23-19-45-48-22-26-52-60-50(24-20-46(58(48)60)47-21-25-51(63(55)61)59(49)57(45)47)62-54(34-13-5-2-6-14-34)42-16-8-10-18-44(42)56(64(52)62)36-29-39(67(75,76)77)32-40(30-36)68(78,79)80/h1-32H. The van der Waals surface area contributed by atoms with Crippen molar-refractivity contribution in [2.24, 2.45) is 0 Å². The first-order valence-electron chi connectivity index (χ1n) is 25.4. The molecule has 0 bridgehead atoms. The van der Waals surface area contributed by atoms with Gasteiger partial charge < -0.3 is 0 Å². The average Bonchev–Trinajstić information content (AvgIpc) is 4.16. The quantitative estimate of drug-likeness (QED) is 0.0936. The molecule has 80 heavy (non-hydrogen) atoms. The van der Waals surface area contributed by atoms with Gasteiger partial charge in [-0.25, -0.2) is 0 Å². The molecule has 0 fully saturated rings. The summed E-state index contributed by atoms with van der Waals surface area (Å²) in [5.41, 5.74) is 2.03. The Morgan fingerprint density at radius 1 is 0.188 bits per heavy atom. The molecule has 0 aromatic heterocycles. The second-order valence-corrected chi connectivity index (χ2v) is 20.6. The van der Waals surface area contributed by atoms with Gasteiger partial charge in [0.1, 0.15) is 0 Å². The molecule has 0 saturated carbocycles. The zero-order valence-corrected chi connectivity index (χ0v) is 41.0. The maximum Gasteiger partial charge on any atom is 0.416 e. The highest BCUT2D eigenvalue weighted by Crippen LogP contribution is 2.63. The van der Waals surface area contributed by atoms with E-state index in [1.807, 2.05) is 121 Å². The summed E-state index contributed by atoms with van der Waals surface area (Å²) in [6, 6.07) is 51.8. The van der Waals surface area contributed by atoms with Crippen molar-refractivity contribution in [3.05, 3.63) is 216 Å². The van der Waals surface area contributed by atoms with Crippen LogP contribution >= 0.6 is 0 Å². The summed E-state index contributed by atoms with van der Waals surface area (Å²) in [5, 5.41) is 8.27. The van der Waals surface area contributed by atoms with E-state index in [0.717, 1.165) is 101 Å². The SMILES string of the molecule is FC(F)(F)c1cc(-c2c3c(c(-c4ccccc4)c4ccccc24)-c2ccc4c5ccc6c7c(ccc(c8ccc-3c2c48)c75)-c2c-6c(-c3cc(C(F)(F)F)cc(C(F)(F)F)c3)c3ccccc3c2-c2ccccc2)cc(C(F)(F)F)c1. The summed E-state index contributed by atoms with van der Waals surface area (Å²) in [6.07, 6.45) is -20.5. The molecule has 0 nitrogen and oxygen atoms in total. The van der Waals surface area contributed by atoms with Gasteiger partial charge in [-0.05, 0) is 190 Å². The zero-order valence-electron chi connectivity index (χ0n) is 41.0. The molecule has 0 N–H and O–H groups in total. The first-order valence-corrected chi connectivity index (χ1v) is 25.4. The molecule has 13 aromatic carbocycles. The molecule has 15 rings (SSSR count). The Morgan fingerprint density at radius 2 is 0.425 bits per heavy atom. The zero-order chi connectivity index (χ0) is 55.1. The first kappa shape index (κ1) is 48.0. The third kappa shape index (κ3) is 6.74. The summed E-state index contributed by atoms with van der Waals surface area (Å²) in [7, 11) is 0. The van der Waals surface area contributed by atoms with Crippen molar-refractivity contribution in [1.82, 2.24) is 0 Å². The van der Waals surface area contributed by atoms with Crippen molar-refractivity contribution in [3.8, 4) is 89.0 Å². The van der Waals surface area contributed by atoms with E-state index in [4.69, 9.17) is 0 Å². The number of rotatable bonds is 4. The van der Waals surface area contributed by atoms with E-state index >= 15 is 0 Å². The monoisotopic (exact) mass is 1080 g/mol. The van der Waals surface area contributed by atoms with Crippen molar-refractivity contribution in [3.63, 3.8) is 0 Å². The lowest BCUT2D eigenvalue weighted by Crippen LogP contribution is -2.11.